The van der Waals surface area contributed by atoms with E-state index in [1.807, 2.05) is 0 Å². The number of benzene rings is 2. The number of Topliss-reactive ketones (excluding diaryl/α,β-unsaturated/α-hetero) is 1. The Hall–Kier alpha value is -3.28. The number of carbonyl (C=O) groups excluding carboxylic acids is 4. The monoisotopic (exact) mass is 324 g/mol. The van der Waals surface area contributed by atoms with Gasteiger partial charge in [0.05, 0.1) is 5.56 Å². The first-order chi connectivity index (χ1) is 11.5. The van der Waals surface area contributed by atoms with E-state index >= 15 is 0 Å². The predicted molar refractivity (Wildman–Crippen MR) is 89.6 cm³/mol. The minimum atomic E-state index is -0.418. The van der Waals surface area contributed by atoms with E-state index in [-0.39, 0.29) is 22.8 Å². The minimum Gasteiger partial charge on any atom is -0.355 e. The summed E-state index contributed by atoms with van der Waals surface area (Å²) in [6.07, 6.45) is 0.580. The summed E-state index contributed by atoms with van der Waals surface area (Å²) in [5.41, 5.74) is 1.69. The number of hydrogen-bond acceptors (Lipinski definition) is 4. The number of nitrogens with one attached hydrogen (secondary N) is 2. The first-order valence-electron chi connectivity index (χ1n) is 7.20. The third kappa shape index (κ3) is 3.73. The predicted octanol–water partition coefficient (Wildman–Crippen LogP) is 2.31. The van der Waals surface area contributed by atoms with Crippen molar-refractivity contribution in [3.05, 3.63) is 64.7 Å². The van der Waals surface area contributed by atoms with Crippen LogP contribution >= 0.6 is 0 Å². The fourth-order valence-corrected chi connectivity index (χ4v) is 2.13. The van der Waals surface area contributed by atoms with Gasteiger partial charge in [0, 0.05) is 29.4 Å². The smallest absolute Gasteiger partial charge is 0.255 e. The molecule has 0 heterocycles. The standard InChI is InChI=1S/C18H16N2O4/c1-11(22)12-3-5-13(6-4-12)17(23)20-15-8-7-14(10-21)16(9-15)18(24)19-2/h3-10H,1-2H3,(H,19,24)(H,20,23). The Kier molecular flexibility index (Phi) is 5.21. The lowest BCUT2D eigenvalue weighted by Crippen LogP contribution is -2.20. The normalized spacial score (nSPS) is 9.92. The molecule has 0 aromatic heterocycles. The lowest BCUT2D eigenvalue weighted by Gasteiger charge is -2.09. The molecule has 6 heteroatoms. The van der Waals surface area contributed by atoms with Crippen LogP contribution in [-0.2, 0) is 0 Å². The maximum atomic E-state index is 12.2. The average Bonchev–Trinajstić information content (AvgIpc) is 2.60. The SMILES string of the molecule is CNC(=O)c1cc(NC(=O)c2ccc(C(C)=O)cc2)ccc1C=O. The van der Waals surface area contributed by atoms with Gasteiger partial charge in [-0.3, -0.25) is 19.2 Å². The molecule has 0 aliphatic rings. The number of aldehydes is 1. The molecule has 0 unspecified atom stereocenters. The molecular formula is C18H16N2O4. The van der Waals surface area contributed by atoms with Crippen LogP contribution in [0.4, 0.5) is 5.69 Å². The van der Waals surface area contributed by atoms with Crippen LogP contribution in [0.5, 0.6) is 0 Å². The minimum absolute atomic E-state index is 0.0818. The van der Waals surface area contributed by atoms with Crippen molar-refractivity contribution in [2.24, 2.45) is 0 Å². The molecule has 6 nitrogen and oxygen atoms in total. The van der Waals surface area contributed by atoms with Crippen molar-refractivity contribution >= 4 is 29.6 Å². The van der Waals surface area contributed by atoms with E-state index in [1.165, 1.54) is 32.2 Å². The van der Waals surface area contributed by atoms with Crippen molar-refractivity contribution in [3.63, 3.8) is 0 Å². The average molecular weight is 324 g/mol. The van der Waals surface area contributed by atoms with E-state index in [2.05, 4.69) is 10.6 Å². The molecule has 2 rings (SSSR count). The van der Waals surface area contributed by atoms with Crippen molar-refractivity contribution in [2.75, 3.05) is 12.4 Å². The molecule has 2 N–H and O–H groups in total. The van der Waals surface area contributed by atoms with E-state index < -0.39 is 5.91 Å². The molecule has 2 aromatic rings. The molecule has 0 atom stereocenters. The highest BCUT2D eigenvalue weighted by atomic mass is 16.2. The van der Waals surface area contributed by atoms with Crippen molar-refractivity contribution in [2.45, 2.75) is 6.92 Å². The van der Waals surface area contributed by atoms with Gasteiger partial charge < -0.3 is 10.6 Å². The van der Waals surface area contributed by atoms with Crippen LogP contribution in [-0.4, -0.2) is 30.9 Å². The zero-order valence-electron chi connectivity index (χ0n) is 13.3. The fraction of sp³-hybridized carbons (Fsp3) is 0.111. The third-order valence-corrected chi connectivity index (χ3v) is 3.46. The number of carbonyl (C=O) groups is 4. The molecule has 0 radical (unpaired) electrons. The summed E-state index contributed by atoms with van der Waals surface area (Å²) in [4.78, 5) is 46.3. The van der Waals surface area contributed by atoms with Gasteiger partial charge in [0.25, 0.3) is 11.8 Å². The van der Waals surface area contributed by atoms with Crippen molar-refractivity contribution in [1.29, 1.82) is 0 Å². The molecule has 0 spiro atoms. The number of ketones is 1. The molecule has 2 amide bonds. The largest absolute Gasteiger partial charge is 0.355 e. The summed E-state index contributed by atoms with van der Waals surface area (Å²) in [6, 6.07) is 10.7. The Balaban J connectivity index is 2.23. The van der Waals surface area contributed by atoms with Gasteiger partial charge in [-0.25, -0.2) is 0 Å². The molecule has 0 saturated carbocycles. The van der Waals surface area contributed by atoms with Crippen LogP contribution in [0.1, 0.15) is 48.4 Å². The highest BCUT2D eigenvalue weighted by molar-refractivity contribution is 6.07. The Bertz CT molecular complexity index is 810. The molecule has 24 heavy (non-hydrogen) atoms. The second-order valence-electron chi connectivity index (χ2n) is 5.09. The van der Waals surface area contributed by atoms with Gasteiger partial charge in [0.1, 0.15) is 0 Å². The summed E-state index contributed by atoms with van der Waals surface area (Å²) in [5, 5.41) is 5.10. The third-order valence-electron chi connectivity index (χ3n) is 3.46. The number of amides is 2. The molecular weight excluding hydrogens is 308 g/mol. The van der Waals surface area contributed by atoms with Crippen molar-refractivity contribution in [1.82, 2.24) is 5.32 Å². The van der Waals surface area contributed by atoms with Gasteiger partial charge >= 0.3 is 0 Å². The molecule has 122 valence electrons. The second kappa shape index (κ2) is 7.32. The molecule has 0 bridgehead atoms. The van der Waals surface area contributed by atoms with Gasteiger partial charge in [0.15, 0.2) is 12.1 Å². The quantitative estimate of drug-likeness (QED) is 0.652. The number of anilines is 1. The summed E-state index contributed by atoms with van der Waals surface area (Å²) in [5.74, 6) is -0.882. The van der Waals surface area contributed by atoms with E-state index in [9.17, 15) is 19.2 Å². The van der Waals surface area contributed by atoms with Crippen LogP contribution in [0, 0.1) is 0 Å². The number of hydrogen-bond donors (Lipinski definition) is 2. The summed E-state index contributed by atoms with van der Waals surface area (Å²) < 4.78 is 0. The van der Waals surface area contributed by atoms with Gasteiger partial charge in [-0.1, -0.05) is 12.1 Å². The van der Waals surface area contributed by atoms with Crippen molar-refractivity contribution < 1.29 is 19.2 Å². The van der Waals surface area contributed by atoms with E-state index in [0.717, 1.165) is 0 Å². The van der Waals surface area contributed by atoms with Crippen LogP contribution in [0.15, 0.2) is 42.5 Å². The number of rotatable bonds is 5. The lowest BCUT2D eigenvalue weighted by atomic mass is 10.1. The van der Waals surface area contributed by atoms with Gasteiger partial charge in [-0.2, -0.15) is 0 Å². The van der Waals surface area contributed by atoms with Crippen LogP contribution in [0.25, 0.3) is 0 Å². The summed E-state index contributed by atoms with van der Waals surface area (Å²) in [6.45, 7) is 1.45. The van der Waals surface area contributed by atoms with Crippen molar-refractivity contribution in [3.8, 4) is 0 Å². The first-order valence-corrected chi connectivity index (χ1v) is 7.20. The van der Waals surface area contributed by atoms with E-state index in [4.69, 9.17) is 0 Å². The fourth-order valence-electron chi connectivity index (χ4n) is 2.13. The Morgan fingerprint density at radius 3 is 2.08 bits per heavy atom. The highest BCUT2D eigenvalue weighted by Crippen LogP contribution is 2.16. The van der Waals surface area contributed by atoms with E-state index in [0.29, 0.717) is 23.1 Å². The second-order valence-corrected chi connectivity index (χ2v) is 5.09. The van der Waals surface area contributed by atoms with Gasteiger partial charge in [-0.05, 0) is 37.3 Å². The van der Waals surface area contributed by atoms with Gasteiger partial charge in [-0.15, -0.1) is 0 Å². The summed E-state index contributed by atoms with van der Waals surface area (Å²) >= 11 is 0. The molecule has 0 saturated heterocycles. The van der Waals surface area contributed by atoms with Gasteiger partial charge in [0.2, 0.25) is 0 Å². The van der Waals surface area contributed by atoms with Crippen LogP contribution in [0.2, 0.25) is 0 Å². The molecule has 0 aliphatic carbocycles. The maximum Gasteiger partial charge on any atom is 0.255 e. The maximum absolute atomic E-state index is 12.2. The molecule has 0 aliphatic heterocycles. The Labute approximate surface area is 138 Å². The van der Waals surface area contributed by atoms with Crippen LogP contribution < -0.4 is 10.6 Å². The zero-order valence-corrected chi connectivity index (χ0v) is 13.3. The summed E-state index contributed by atoms with van der Waals surface area (Å²) in [7, 11) is 1.46. The highest BCUT2D eigenvalue weighted by Gasteiger charge is 2.13. The molecule has 0 fully saturated rings. The zero-order chi connectivity index (χ0) is 17.7. The lowest BCUT2D eigenvalue weighted by molar-refractivity contribution is 0.0955. The Morgan fingerprint density at radius 2 is 1.54 bits per heavy atom. The molecule has 2 aromatic carbocycles. The Morgan fingerprint density at radius 1 is 0.917 bits per heavy atom. The van der Waals surface area contributed by atoms with E-state index in [1.54, 1.807) is 24.3 Å². The van der Waals surface area contributed by atoms with Crippen LogP contribution in [0.3, 0.4) is 0 Å². The first kappa shape index (κ1) is 17.1. The topological polar surface area (TPSA) is 92.3 Å².